The van der Waals surface area contributed by atoms with Gasteiger partial charge in [0.2, 0.25) is 0 Å². The molecule has 1 unspecified atom stereocenters. The smallest absolute Gasteiger partial charge is 0.293 e. The molecule has 1 atom stereocenters. The molecule has 1 aliphatic heterocycles. The topological polar surface area (TPSA) is 12.5 Å². The lowest BCUT2D eigenvalue weighted by Crippen LogP contribution is -2.52. The van der Waals surface area contributed by atoms with Crippen LogP contribution < -0.4 is 0 Å². The van der Waals surface area contributed by atoms with Crippen molar-refractivity contribution < 1.29 is 17.9 Å². The van der Waals surface area contributed by atoms with Crippen molar-refractivity contribution >= 4 is 0 Å². The maximum atomic E-state index is 14.6. The summed E-state index contributed by atoms with van der Waals surface area (Å²) in [7, 11) is 1.62. The Bertz CT molecular complexity index is 476. The van der Waals surface area contributed by atoms with Crippen molar-refractivity contribution in [3.8, 4) is 0 Å². The molecule has 1 aromatic rings. The van der Waals surface area contributed by atoms with Crippen LogP contribution in [0.3, 0.4) is 0 Å². The molecule has 0 spiro atoms. The van der Waals surface area contributed by atoms with E-state index in [4.69, 9.17) is 4.74 Å². The quantitative estimate of drug-likeness (QED) is 0.845. The minimum absolute atomic E-state index is 0.0884. The van der Waals surface area contributed by atoms with Crippen molar-refractivity contribution in [2.24, 2.45) is 0 Å². The third-order valence-corrected chi connectivity index (χ3v) is 3.82. The molecule has 1 saturated heterocycles. The van der Waals surface area contributed by atoms with Gasteiger partial charge in [-0.25, -0.2) is 4.39 Å². The molecule has 0 radical (unpaired) electrons. The van der Waals surface area contributed by atoms with E-state index < -0.39 is 23.3 Å². The number of halogens is 3. The highest BCUT2D eigenvalue weighted by atomic mass is 19.3. The van der Waals surface area contributed by atoms with Gasteiger partial charge in [-0.2, -0.15) is 8.78 Å². The molecule has 1 fully saturated rings. The Labute approximate surface area is 117 Å². The second-order valence-corrected chi connectivity index (χ2v) is 5.56. The van der Waals surface area contributed by atoms with Gasteiger partial charge in [-0.05, 0) is 24.6 Å². The van der Waals surface area contributed by atoms with Crippen LogP contribution >= 0.6 is 0 Å². The van der Waals surface area contributed by atoms with E-state index in [0.29, 0.717) is 18.7 Å². The summed E-state index contributed by atoms with van der Waals surface area (Å²) < 4.78 is 48.8. The minimum atomic E-state index is -3.27. The number of alkyl halides is 2. The van der Waals surface area contributed by atoms with Crippen LogP contribution in [0.5, 0.6) is 0 Å². The number of nitrogens with zero attached hydrogens (tertiary/aromatic N) is 1. The lowest BCUT2D eigenvalue weighted by molar-refractivity contribution is -0.135. The van der Waals surface area contributed by atoms with E-state index in [1.54, 1.807) is 27.0 Å². The first kappa shape index (κ1) is 15.3. The summed E-state index contributed by atoms with van der Waals surface area (Å²) in [4.78, 5) is 1.53. The largest absolute Gasteiger partial charge is 0.378 e. The first-order chi connectivity index (χ1) is 9.35. The average molecular weight is 287 g/mol. The van der Waals surface area contributed by atoms with Gasteiger partial charge < -0.3 is 4.74 Å². The fraction of sp³-hybridized carbons (Fsp3) is 0.600. The van der Waals surface area contributed by atoms with E-state index in [2.05, 4.69) is 0 Å². The Morgan fingerprint density at radius 2 is 2.05 bits per heavy atom. The summed E-state index contributed by atoms with van der Waals surface area (Å²) in [5, 5.41) is 0. The standard InChI is InChI=1S/C15H20F3NO/c1-10(2)11-5-4-6-12(14(11)16)15(17,18)13-9-20-8-7-19(13)3/h4-6,10,13H,7-9H2,1-3H3. The molecule has 112 valence electrons. The van der Waals surface area contributed by atoms with Crippen LogP contribution in [0.4, 0.5) is 13.2 Å². The molecule has 1 aromatic carbocycles. The third kappa shape index (κ3) is 2.69. The Kier molecular flexibility index (Phi) is 4.39. The second kappa shape index (κ2) is 5.74. The molecule has 2 rings (SSSR count). The first-order valence-corrected chi connectivity index (χ1v) is 6.80. The van der Waals surface area contributed by atoms with Crippen molar-refractivity contribution in [3.63, 3.8) is 0 Å². The maximum Gasteiger partial charge on any atom is 0.293 e. The summed E-state index contributed by atoms with van der Waals surface area (Å²) in [5.74, 6) is -4.21. The summed E-state index contributed by atoms with van der Waals surface area (Å²) >= 11 is 0. The van der Waals surface area contributed by atoms with Crippen LogP contribution in [-0.4, -0.2) is 37.7 Å². The predicted octanol–water partition coefficient (Wildman–Crippen LogP) is 3.37. The van der Waals surface area contributed by atoms with Gasteiger partial charge in [0.25, 0.3) is 5.92 Å². The molecule has 0 aromatic heterocycles. The molecule has 1 aliphatic rings. The van der Waals surface area contributed by atoms with Gasteiger partial charge in [0.05, 0.1) is 18.8 Å². The number of morpholine rings is 1. The molecule has 0 bridgehead atoms. The second-order valence-electron chi connectivity index (χ2n) is 5.56. The monoisotopic (exact) mass is 287 g/mol. The van der Waals surface area contributed by atoms with Crippen LogP contribution in [0.15, 0.2) is 18.2 Å². The summed E-state index contributed by atoms with van der Waals surface area (Å²) in [6.45, 7) is 4.34. The van der Waals surface area contributed by atoms with Gasteiger partial charge in [0, 0.05) is 6.54 Å². The first-order valence-electron chi connectivity index (χ1n) is 6.80. The maximum absolute atomic E-state index is 14.6. The number of rotatable bonds is 3. The minimum Gasteiger partial charge on any atom is -0.378 e. The fourth-order valence-corrected chi connectivity index (χ4v) is 2.50. The SMILES string of the molecule is CC(C)c1cccc(C(F)(F)C2COCCN2C)c1F. The zero-order valence-corrected chi connectivity index (χ0v) is 12.0. The van der Waals surface area contributed by atoms with E-state index in [1.807, 2.05) is 0 Å². The lowest BCUT2D eigenvalue weighted by atomic mass is 9.93. The van der Waals surface area contributed by atoms with Gasteiger partial charge >= 0.3 is 0 Å². The molecule has 5 heteroatoms. The van der Waals surface area contributed by atoms with Gasteiger partial charge in [-0.15, -0.1) is 0 Å². The molecule has 0 saturated carbocycles. The van der Waals surface area contributed by atoms with E-state index in [-0.39, 0.29) is 12.5 Å². The van der Waals surface area contributed by atoms with E-state index >= 15 is 0 Å². The molecule has 20 heavy (non-hydrogen) atoms. The molecule has 0 aliphatic carbocycles. The highest BCUT2D eigenvalue weighted by molar-refractivity contribution is 5.32. The van der Waals surface area contributed by atoms with Gasteiger partial charge in [-0.3, -0.25) is 4.90 Å². The van der Waals surface area contributed by atoms with Crippen molar-refractivity contribution in [1.29, 1.82) is 0 Å². The normalized spacial score (nSPS) is 21.4. The lowest BCUT2D eigenvalue weighted by Gasteiger charge is -2.37. The molecular formula is C15H20F3NO. The van der Waals surface area contributed by atoms with Gasteiger partial charge in [0.15, 0.2) is 0 Å². The molecule has 2 nitrogen and oxygen atoms in total. The van der Waals surface area contributed by atoms with Crippen molar-refractivity contribution in [2.75, 3.05) is 26.8 Å². The Morgan fingerprint density at radius 1 is 1.35 bits per heavy atom. The molecule has 0 amide bonds. The summed E-state index contributed by atoms with van der Waals surface area (Å²) in [6.07, 6.45) is 0. The van der Waals surface area contributed by atoms with Gasteiger partial charge in [0.1, 0.15) is 11.9 Å². The third-order valence-electron chi connectivity index (χ3n) is 3.82. The van der Waals surface area contributed by atoms with Crippen molar-refractivity contribution in [2.45, 2.75) is 31.7 Å². The fourth-order valence-electron chi connectivity index (χ4n) is 2.50. The van der Waals surface area contributed by atoms with Crippen LogP contribution in [0.1, 0.15) is 30.9 Å². The van der Waals surface area contributed by atoms with E-state index in [0.717, 1.165) is 0 Å². The van der Waals surface area contributed by atoms with E-state index in [1.165, 1.54) is 17.0 Å². The van der Waals surface area contributed by atoms with Crippen LogP contribution in [0.25, 0.3) is 0 Å². The predicted molar refractivity (Wildman–Crippen MR) is 71.6 cm³/mol. The van der Waals surface area contributed by atoms with Gasteiger partial charge in [-0.1, -0.05) is 26.0 Å². The highest BCUT2D eigenvalue weighted by Gasteiger charge is 2.47. The molecular weight excluding hydrogens is 267 g/mol. The number of ether oxygens (including phenoxy) is 1. The Hall–Kier alpha value is -1.07. The van der Waals surface area contributed by atoms with Crippen LogP contribution in [0, 0.1) is 5.82 Å². The Morgan fingerprint density at radius 3 is 2.65 bits per heavy atom. The zero-order chi connectivity index (χ0) is 14.9. The van der Waals surface area contributed by atoms with Crippen molar-refractivity contribution in [1.82, 2.24) is 4.90 Å². The number of likely N-dealkylation sites (N-methyl/N-ethyl adjacent to an activating group) is 1. The zero-order valence-electron chi connectivity index (χ0n) is 12.0. The molecule has 1 heterocycles. The molecule has 0 N–H and O–H groups in total. The Balaban J connectivity index is 2.40. The highest BCUT2D eigenvalue weighted by Crippen LogP contribution is 2.38. The number of benzene rings is 1. The van der Waals surface area contributed by atoms with Crippen LogP contribution in [-0.2, 0) is 10.7 Å². The number of hydrogen-bond acceptors (Lipinski definition) is 2. The number of hydrogen-bond donors (Lipinski definition) is 0. The van der Waals surface area contributed by atoms with Crippen molar-refractivity contribution in [3.05, 3.63) is 35.1 Å². The summed E-state index contributed by atoms with van der Waals surface area (Å²) in [6, 6.07) is 3.09. The summed E-state index contributed by atoms with van der Waals surface area (Å²) in [5.41, 5.74) is -0.215. The van der Waals surface area contributed by atoms with E-state index in [9.17, 15) is 13.2 Å². The average Bonchev–Trinajstić information content (AvgIpc) is 2.38. The van der Waals surface area contributed by atoms with Crippen LogP contribution in [0.2, 0.25) is 0 Å².